The predicted octanol–water partition coefficient (Wildman–Crippen LogP) is 0.957. The number of hydrogen-bond donors (Lipinski definition) is 4. The van der Waals surface area contributed by atoms with E-state index in [1.54, 1.807) is 12.5 Å². The van der Waals surface area contributed by atoms with E-state index in [2.05, 4.69) is 46.8 Å². The fraction of sp³-hybridized carbons (Fsp3) is 0.333. The second kappa shape index (κ2) is 9.48. The zero-order chi connectivity index (χ0) is 19.8. The lowest BCUT2D eigenvalue weighted by Gasteiger charge is -2.14. The van der Waals surface area contributed by atoms with Gasteiger partial charge in [-0.2, -0.15) is 0 Å². The van der Waals surface area contributed by atoms with Gasteiger partial charge in [-0.1, -0.05) is 12.1 Å². The van der Waals surface area contributed by atoms with Gasteiger partial charge < -0.3 is 25.4 Å². The van der Waals surface area contributed by atoms with Gasteiger partial charge in [-0.05, 0) is 37.5 Å². The van der Waals surface area contributed by atoms with Crippen LogP contribution in [0, 0.1) is 0 Å². The Morgan fingerprint density at radius 1 is 1.19 bits per heavy atom. The van der Waals surface area contributed by atoms with Gasteiger partial charge in [-0.25, -0.2) is 14.6 Å². The van der Waals surface area contributed by atoms with Crippen molar-refractivity contribution >= 4 is 17.8 Å². The Labute approximate surface area is 156 Å². The fourth-order valence-corrected chi connectivity index (χ4v) is 2.22. The highest BCUT2D eigenvalue weighted by Gasteiger charge is 2.23. The monoisotopic (exact) mass is 374 g/mol. The first kappa shape index (κ1) is 20.1. The van der Waals surface area contributed by atoms with Crippen molar-refractivity contribution in [1.82, 2.24) is 20.2 Å². The van der Waals surface area contributed by atoms with Gasteiger partial charge in [0.1, 0.15) is 0 Å². The Hall–Kier alpha value is -3.20. The van der Waals surface area contributed by atoms with Crippen molar-refractivity contribution in [2.45, 2.75) is 31.8 Å². The largest absolute Gasteiger partial charge is 0.473 e. The molecule has 1 aliphatic carbocycles. The minimum absolute atomic E-state index is 0.0828. The molecule has 1 aromatic heterocycles. The molecule has 4 N–H and O–H groups in total. The van der Waals surface area contributed by atoms with Gasteiger partial charge in [0, 0.05) is 30.2 Å². The molecule has 1 unspecified atom stereocenters. The minimum Gasteiger partial charge on any atom is -0.473 e. The molecule has 0 spiro atoms. The summed E-state index contributed by atoms with van der Waals surface area (Å²) in [6, 6.07) is 8.83. The first-order valence-electron chi connectivity index (χ1n) is 8.44. The van der Waals surface area contributed by atoms with Crippen molar-refractivity contribution in [2.75, 3.05) is 6.54 Å². The fourth-order valence-electron chi connectivity index (χ4n) is 2.22. The Morgan fingerprint density at radius 2 is 1.81 bits per heavy atom. The molecule has 3 rings (SSSR count). The lowest BCUT2D eigenvalue weighted by atomic mass is 10.1. The first-order chi connectivity index (χ1) is 12.9. The number of rotatable bonds is 6. The van der Waals surface area contributed by atoms with E-state index in [9.17, 15) is 4.79 Å². The normalized spacial score (nSPS) is 13.8. The number of aliphatic carboxylic acids is 2. The van der Waals surface area contributed by atoms with Crippen LogP contribution in [-0.4, -0.2) is 50.2 Å². The lowest BCUT2D eigenvalue weighted by Crippen LogP contribution is -2.36. The molecule has 144 valence electrons. The average Bonchev–Trinajstić information content (AvgIpc) is 3.29. The Morgan fingerprint density at radius 3 is 2.30 bits per heavy atom. The van der Waals surface area contributed by atoms with Crippen LogP contribution >= 0.6 is 0 Å². The maximum atomic E-state index is 11.7. The van der Waals surface area contributed by atoms with Crippen LogP contribution in [-0.2, 0) is 14.4 Å². The molecule has 1 atom stereocenters. The van der Waals surface area contributed by atoms with Gasteiger partial charge >= 0.3 is 11.9 Å². The second-order valence-corrected chi connectivity index (χ2v) is 6.12. The Bertz CT molecular complexity index is 758. The van der Waals surface area contributed by atoms with Gasteiger partial charge in [0.15, 0.2) is 0 Å². The number of carbonyl (C=O) groups excluding carboxylic acids is 1. The van der Waals surface area contributed by atoms with Crippen LogP contribution in [0.4, 0.5) is 0 Å². The van der Waals surface area contributed by atoms with Crippen molar-refractivity contribution in [2.24, 2.45) is 0 Å². The molecule has 0 aliphatic heterocycles. The van der Waals surface area contributed by atoms with E-state index in [0.717, 1.165) is 24.1 Å². The van der Waals surface area contributed by atoms with Gasteiger partial charge in [0.05, 0.1) is 12.9 Å². The van der Waals surface area contributed by atoms with Crippen molar-refractivity contribution in [3.8, 4) is 5.69 Å². The summed E-state index contributed by atoms with van der Waals surface area (Å²) in [6.45, 7) is 2.43. The number of hydrogen-bond acceptors (Lipinski definition) is 5. The smallest absolute Gasteiger partial charge is 0.414 e. The average molecular weight is 374 g/mol. The topological polar surface area (TPSA) is 134 Å². The summed E-state index contributed by atoms with van der Waals surface area (Å²) in [5, 5.41) is 21.0. The number of imidazole rings is 1. The lowest BCUT2D eigenvalue weighted by molar-refractivity contribution is -0.159. The standard InChI is InChI=1S/C16H20N4O.C2H2O4/c1-12(18-10-16(21)19-14-4-5-14)13-2-6-15(7-3-13)20-9-8-17-11-20;3-1(4)2(5)6/h2-3,6-9,11-12,14,18H,4-5,10H2,1H3,(H,19,21);(H,3,4)(H,5,6). The van der Waals surface area contributed by atoms with Gasteiger partial charge in [0.25, 0.3) is 0 Å². The highest BCUT2D eigenvalue weighted by molar-refractivity contribution is 6.27. The summed E-state index contributed by atoms with van der Waals surface area (Å²) in [5.74, 6) is -3.57. The van der Waals surface area contributed by atoms with Crippen LogP contribution in [0.5, 0.6) is 0 Å². The van der Waals surface area contributed by atoms with Crippen molar-refractivity contribution in [1.29, 1.82) is 0 Å². The summed E-state index contributed by atoms with van der Waals surface area (Å²) in [5.41, 5.74) is 2.24. The third-order valence-corrected chi connectivity index (χ3v) is 3.89. The highest BCUT2D eigenvalue weighted by Crippen LogP contribution is 2.18. The predicted molar refractivity (Wildman–Crippen MR) is 96.4 cm³/mol. The summed E-state index contributed by atoms with van der Waals surface area (Å²) >= 11 is 0. The van der Waals surface area contributed by atoms with E-state index in [-0.39, 0.29) is 11.9 Å². The van der Waals surface area contributed by atoms with Crippen LogP contribution < -0.4 is 10.6 Å². The molecule has 9 nitrogen and oxygen atoms in total. The van der Waals surface area contributed by atoms with E-state index in [1.807, 2.05) is 10.8 Å². The third-order valence-electron chi connectivity index (χ3n) is 3.89. The first-order valence-corrected chi connectivity index (χ1v) is 8.44. The van der Waals surface area contributed by atoms with Crippen LogP contribution in [0.3, 0.4) is 0 Å². The molecule has 1 fully saturated rings. The molecule has 0 saturated heterocycles. The number of carbonyl (C=O) groups is 3. The quantitative estimate of drug-likeness (QED) is 0.553. The van der Waals surface area contributed by atoms with Crippen molar-refractivity contribution in [3.63, 3.8) is 0 Å². The molecule has 2 aromatic rings. The van der Waals surface area contributed by atoms with Gasteiger partial charge in [-0.15, -0.1) is 0 Å². The van der Waals surface area contributed by atoms with Crippen LogP contribution in [0.25, 0.3) is 5.69 Å². The summed E-state index contributed by atoms with van der Waals surface area (Å²) in [6.07, 6.45) is 7.70. The van der Waals surface area contributed by atoms with Crippen LogP contribution in [0.15, 0.2) is 43.0 Å². The molecule has 0 radical (unpaired) electrons. The van der Waals surface area contributed by atoms with Crippen molar-refractivity contribution < 1.29 is 24.6 Å². The molecule has 9 heteroatoms. The zero-order valence-corrected chi connectivity index (χ0v) is 14.8. The molecular weight excluding hydrogens is 352 g/mol. The maximum Gasteiger partial charge on any atom is 0.414 e. The molecule has 1 aliphatic rings. The number of carboxylic acids is 2. The number of amides is 1. The molecule has 1 aromatic carbocycles. The minimum atomic E-state index is -1.82. The van der Waals surface area contributed by atoms with E-state index >= 15 is 0 Å². The van der Waals surface area contributed by atoms with Crippen LogP contribution in [0.1, 0.15) is 31.4 Å². The zero-order valence-electron chi connectivity index (χ0n) is 14.8. The third kappa shape index (κ3) is 6.90. The highest BCUT2D eigenvalue weighted by atomic mass is 16.4. The Balaban J connectivity index is 0.000000380. The second-order valence-electron chi connectivity index (χ2n) is 6.12. The SMILES string of the molecule is CC(NCC(=O)NC1CC1)c1ccc(-n2ccnc2)cc1.O=C(O)C(=O)O. The van der Waals surface area contributed by atoms with Crippen LogP contribution in [0.2, 0.25) is 0 Å². The summed E-state index contributed by atoms with van der Waals surface area (Å²) < 4.78 is 1.96. The summed E-state index contributed by atoms with van der Waals surface area (Å²) in [4.78, 5) is 33.9. The van der Waals surface area contributed by atoms with E-state index in [0.29, 0.717) is 12.6 Å². The molecule has 1 heterocycles. The number of nitrogens with zero attached hydrogens (tertiary/aromatic N) is 2. The van der Waals surface area contributed by atoms with E-state index < -0.39 is 11.9 Å². The number of carboxylic acid groups (broad SMARTS) is 2. The van der Waals surface area contributed by atoms with E-state index in [1.165, 1.54) is 0 Å². The molecule has 1 amide bonds. The molecular formula is C18H22N4O5. The number of benzene rings is 1. The van der Waals surface area contributed by atoms with Crippen molar-refractivity contribution in [3.05, 3.63) is 48.5 Å². The number of aromatic nitrogens is 2. The van der Waals surface area contributed by atoms with Gasteiger partial charge in [-0.3, -0.25) is 4.79 Å². The molecule has 1 saturated carbocycles. The molecule has 0 bridgehead atoms. The Kier molecular flexibility index (Phi) is 7.07. The van der Waals surface area contributed by atoms with Gasteiger partial charge in [0.2, 0.25) is 5.91 Å². The van der Waals surface area contributed by atoms with E-state index in [4.69, 9.17) is 19.8 Å². The number of nitrogens with one attached hydrogen (secondary N) is 2. The molecule has 27 heavy (non-hydrogen) atoms. The maximum absolute atomic E-state index is 11.7. The summed E-state index contributed by atoms with van der Waals surface area (Å²) in [7, 11) is 0.